The van der Waals surface area contributed by atoms with Gasteiger partial charge in [-0.3, -0.25) is 9.59 Å². The number of nitrogens with one attached hydrogen (secondary N) is 1. The normalized spacial score (nSPS) is 28.1. The van der Waals surface area contributed by atoms with Crippen molar-refractivity contribution in [3.8, 4) is 0 Å². The second kappa shape index (κ2) is 7.66. The molecule has 0 unspecified atom stereocenters. The monoisotopic (exact) mass is 349 g/mol. The number of aromatic nitrogens is 2. The number of piperidine rings is 1. The molecule has 25 heavy (non-hydrogen) atoms. The Bertz CT molecular complexity index is 635. The fourth-order valence-electron chi connectivity index (χ4n) is 4.08. The summed E-state index contributed by atoms with van der Waals surface area (Å²) in [6.45, 7) is 4.66. The minimum atomic E-state index is -0.693. The zero-order valence-electron chi connectivity index (χ0n) is 14.7. The Hall–Kier alpha value is -1.73. The number of nitrogens with zero attached hydrogens (tertiary/aromatic N) is 2. The van der Waals surface area contributed by atoms with Gasteiger partial charge in [-0.05, 0) is 31.2 Å². The number of likely N-dealkylation sites (tertiary alicyclic amines) is 1. The molecule has 3 rings (SSSR count). The fourth-order valence-corrected chi connectivity index (χ4v) is 4.08. The van der Waals surface area contributed by atoms with Gasteiger partial charge in [-0.25, -0.2) is 5.10 Å². The smallest absolute Gasteiger partial charge is 0.264 e. The van der Waals surface area contributed by atoms with Crippen molar-refractivity contribution in [2.75, 3.05) is 26.3 Å². The number of H-pyrrole nitrogens is 1. The highest BCUT2D eigenvalue weighted by molar-refractivity contribution is 5.76. The van der Waals surface area contributed by atoms with E-state index in [0.717, 1.165) is 12.8 Å². The Labute approximate surface area is 147 Å². The molecule has 0 bridgehead atoms. The average molecular weight is 349 g/mol. The first-order valence-electron chi connectivity index (χ1n) is 9.11. The standard InChI is InChI=1S/C18H27N3O4/c1-13-12-21(9-8-18(13,24)14-6-10-25-11-7-14)17(23)5-3-15-2-4-16(22)20-19-15/h2,4,13-14,24H,3,5-12H2,1H3,(H,20,22)/t13-,18+/m1/s1. The molecule has 0 radical (unpaired) electrons. The number of hydrogen-bond donors (Lipinski definition) is 2. The van der Waals surface area contributed by atoms with Crippen LogP contribution in [0, 0.1) is 11.8 Å². The summed E-state index contributed by atoms with van der Waals surface area (Å²) in [7, 11) is 0. The number of amides is 1. The van der Waals surface area contributed by atoms with Crippen molar-refractivity contribution in [1.29, 1.82) is 0 Å². The van der Waals surface area contributed by atoms with E-state index in [0.29, 0.717) is 51.3 Å². The van der Waals surface area contributed by atoms with Gasteiger partial charge in [0.15, 0.2) is 0 Å². The molecular weight excluding hydrogens is 322 g/mol. The van der Waals surface area contributed by atoms with Gasteiger partial charge in [-0.1, -0.05) is 6.92 Å². The van der Waals surface area contributed by atoms with Crippen molar-refractivity contribution in [3.63, 3.8) is 0 Å². The quantitative estimate of drug-likeness (QED) is 0.835. The number of carbonyl (C=O) groups excluding carboxylic acids is 1. The van der Waals surface area contributed by atoms with Crippen LogP contribution in [0.1, 0.15) is 38.3 Å². The third-order valence-corrected chi connectivity index (χ3v) is 5.74. The van der Waals surface area contributed by atoms with Crippen LogP contribution < -0.4 is 5.56 Å². The van der Waals surface area contributed by atoms with Crippen LogP contribution in [-0.4, -0.2) is 58.0 Å². The predicted molar refractivity (Wildman–Crippen MR) is 92.0 cm³/mol. The summed E-state index contributed by atoms with van der Waals surface area (Å²) in [5.74, 6) is 0.396. The molecule has 2 atom stereocenters. The van der Waals surface area contributed by atoms with E-state index < -0.39 is 5.60 Å². The first-order valence-corrected chi connectivity index (χ1v) is 9.11. The molecule has 2 N–H and O–H groups in total. The van der Waals surface area contributed by atoms with Crippen molar-refractivity contribution in [3.05, 3.63) is 28.2 Å². The molecular formula is C18H27N3O4. The Morgan fingerprint density at radius 1 is 1.44 bits per heavy atom. The molecule has 1 amide bonds. The lowest BCUT2D eigenvalue weighted by molar-refractivity contribution is -0.151. The summed E-state index contributed by atoms with van der Waals surface area (Å²) < 4.78 is 5.41. The van der Waals surface area contributed by atoms with Crippen molar-refractivity contribution in [1.82, 2.24) is 15.1 Å². The number of hydrogen-bond acceptors (Lipinski definition) is 5. The van der Waals surface area contributed by atoms with Crippen LogP contribution in [0.15, 0.2) is 16.9 Å². The molecule has 2 aliphatic rings. The van der Waals surface area contributed by atoms with Crippen LogP contribution in [0.5, 0.6) is 0 Å². The molecule has 7 nitrogen and oxygen atoms in total. The van der Waals surface area contributed by atoms with E-state index in [1.165, 1.54) is 6.07 Å². The third-order valence-electron chi connectivity index (χ3n) is 5.74. The van der Waals surface area contributed by atoms with Gasteiger partial charge in [0.2, 0.25) is 5.91 Å². The molecule has 2 aliphatic heterocycles. The molecule has 3 heterocycles. The Balaban J connectivity index is 1.53. The van der Waals surface area contributed by atoms with E-state index in [2.05, 4.69) is 10.2 Å². The topological polar surface area (TPSA) is 95.5 Å². The number of aryl methyl sites for hydroxylation is 1. The van der Waals surface area contributed by atoms with E-state index in [9.17, 15) is 14.7 Å². The van der Waals surface area contributed by atoms with Gasteiger partial charge < -0.3 is 14.7 Å². The Morgan fingerprint density at radius 2 is 2.20 bits per heavy atom. The summed E-state index contributed by atoms with van der Waals surface area (Å²) >= 11 is 0. The molecule has 7 heteroatoms. The summed E-state index contributed by atoms with van der Waals surface area (Å²) in [4.78, 5) is 25.4. The van der Waals surface area contributed by atoms with Crippen molar-refractivity contribution in [2.45, 2.75) is 44.6 Å². The number of aliphatic hydroxyl groups is 1. The van der Waals surface area contributed by atoms with Crippen LogP contribution in [0.25, 0.3) is 0 Å². The maximum atomic E-state index is 12.5. The molecule has 0 saturated carbocycles. The number of rotatable bonds is 4. The molecule has 1 aromatic rings. The number of ether oxygens (including phenoxy) is 1. The van der Waals surface area contributed by atoms with Crippen LogP contribution in [-0.2, 0) is 16.0 Å². The van der Waals surface area contributed by atoms with Gasteiger partial charge in [-0.15, -0.1) is 0 Å². The first-order chi connectivity index (χ1) is 12.0. The summed E-state index contributed by atoms with van der Waals surface area (Å²) in [5, 5.41) is 17.5. The minimum absolute atomic E-state index is 0.0551. The van der Waals surface area contributed by atoms with Gasteiger partial charge in [0.05, 0.1) is 11.3 Å². The van der Waals surface area contributed by atoms with Crippen LogP contribution in [0.2, 0.25) is 0 Å². The van der Waals surface area contributed by atoms with Gasteiger partial charge in [0, 0.05) is 51.1 Å². The highest BCUT2D eigenvalue weighted by Crippen LogP contribution is 2.39. The van der Waals surface area contributed by atoms with E-state index in [1.54, 1.807) is 6.07 Å². The largest absolute Gasteiger partial charge is 0.389 e. The highest BCUT2D eigenvalue weighted by Gasteiger charge is 2.45. The van der Waals surface area contributed by atoms with Crippen LogP contribution >= 0.6 is 0 Å². The van der Waals surface area contributed by atoms with Crippen LogP contribution in [0.3, 0.4) is 0 Å². The predicted octanol–water partition coefficient (Wildman–Crippen LogP) is 0.729. The Kier molecular flexibility index (Phi) is 5.54. The maximum Gasteiger partial charge on any atom is 0.264 e. The van der Waals surface area contributed by atoms with Crippen molar-refractivity contribution < 1.29 is 14.6 Å². The van der Waals surface area contributed by atoms with Crippen molar-refractivity contribution in [2.24, 2.45) is 11.8 Å². The maximum absolute atomic E-state index is 12.5. The van der Waals surface area contributed by atoms with Gasteiger partial charge in [-0.2, -0.15) is 5.10 Å². The van der Waals surface area contributed by atoms with E-state index in [4.69, 9.17) is 4.74 Å². The minimum Gasteiger partial charge on any atom is -0.389 e. The second-order valence-electron chi connectivity index (χ2n) is 7.28. The van der Waals surface area contributed by atoms with E-state index >= 15 is 0 Å². The highest BCUT2D eigenvalue weighted by atomic mass is 16.5. The molecule has 0 aliphatic carbocycles. The summed E-state index contributed by atoms with van der Waals surface area (Å²) in [6.07, 6.45) is 3.28. The lowest BCUT2D eigenvalue weighted by Gasteiger charge is -2.48. The molecule has 1 aromatic heterocycles. The zero-order valence-corrected chi connectivity index (χ0v) is 14.7. The van der Waals surface area contributed by atoms with E-state index in [-0.39, 0.29) is 23.3 Å². The number of aromatic amines is 1. The SMILES string of the molecule is C[C@@H]1CN(C(=O)CCc2ccc(=O)[nH]n2)CC[C@@]1(O)C1CCOCC1. The summed E-state index contributed by atoms with van der Waals surface area (Å²) in [6, 6.07) is 3.07. The zero-order chi connectivity index (χ0) is 17.9. The first kappa shape index (κ1) is 18.1. The number of carbonyl (C=O) groups is 1. The molecule has 0 aromatic carbocycles. The Morgan fingerprint density at radius 3 is 2.84 bits per heavy atom. The fraction of sp³-hybridized carbons (Fsp3) is 0.722. The van der Waals surface area contributed by atoms with Crippen LogP contribution in [0.4, 0.5) is 0 Å². The average Bonchev–Trinajstić information content (AvgIpc) is 2.64. The van der Waals surface area contributed by atoms with E-state index in [1.807, 2.05) is 11.8 Å². The second-order valence-corrected chi connectivity index (χ2v) is 7.28. The lowest BCUT2D eigenvalue weighted by Crippen LogP contribution is -2.56. The van der Waals surface area contributed by atoms with Gasteiger partial charge in [0.1, 0.15) is 0 Å². The third kappa shape index (κ3) is 4.10. The molecule has 2 fully saturated rings. The van der Waals surface area contributed by atoms with Crippen molar-refractivity contribution >= 4 is 5.91 Å². The van der Waals surface area contributed by atoms with Gasteiger partial charge in [0.25, 0.3) is 5.56 Å². The molecule has 138 valence electrons. The van der Waals surface area contributed by atoms with Gasteiger partial charge >= 0.3 is 0 Å². The lowest BCUT2D eigenvalue weighted by atomic mass is 9.70. The molecule has 0 spiro atoms. The summed E-state index contributed by atoms with van der Waals surface area (Å²) in [5.41, 5.74) is -0.231. The molecule has 2 saturated heterocycles.